The summed E-state index contributed by atoms with van der Waals surface area (Å²) in [6, 6.07) is 15.0. The zero-order valence-corrected chi connectivity index (χ0v) is 17.6. The molecule has 1 aliphatic heterocycles. The van der Waals surface area contributed by atoms with Crippen LogP contribution in [0.15, 0.2) is 68.7 Å². The van der Waals surface area contributed by atoms with Crippen LogP contribution in [0.3, 0.4) is 0 Å². The van der Waals surface area contributed by atoms with Crippen LogP contribution in [0.4, 0.5) is 5.69 Å². The van der Waals surface area contributed by atoms with E-state index in [2.05, 4.69) is 5.32 Å². The van der Waals surface area contributed by atoms with Gasteiger partial charge in [0.25, 0.3) is 5.91 Å². The maximum Gasteiger partial charge on any atom is 0.336 e. The van der Waals surface area contributed by atoms with Gasteiger partial charge in [0, 0.05) is 22.2 Å². The first kappa shape index (κ1) is 20.3. The van der Waals surface area contributed by atoms with Crippen molar-refractivity contribution in [2.75, 3.05) is 11.9 Å². The molecule has 2 heterocycles. The molecule has 0 bridgehead atoms. The normalized spacial score (nSPS) is 15.2. The minimum atomic E-state index is -0.446. The molecule has 0 radical (unpaired) electrons. The van der Waals surface area contributed by atoms with E-state index in [0.717, 1.165) is 11.8 Å². The van der Waals surface area contributed by atoms with Crippen LogP contribution >= 0.6 is 35.6 Å². The number of hydrogen-bond donors (Lipinski definition) is 1. The van der Waals surface area contributed by atoms with Gasteiger partial charge in [-0.15, -0.1) is 0 Å². The molecule has 6 nitrogen and oxygen atoms in total. The van der Waals surface area contributed by atoms with E-state index in [1.165, 1.54) is 11.0 Å². The minimum absolute atomic E-state index is 0.216. The molecule has 0 atom stereocenters. The van der Waals surface area contributed by atoms with Crippen molar-refractivity contribution in [3.05, 3.63) is 80.5 Å². The predicted octanol–water partition coefficient (Wildman–Crippen LogP) is 4.29. The average Bonchev–Trinajstić information content (AvgIpc) is 2.97. The van der Waals surface area contributed by atoms with Gasteiger partial charge in [-0.1, -0.05) is 53.8 Å². The Morgan fingerprint density at radius 1 is 1.17 bits per heavy atom. The Hall–Kier alpha value is -2.94. The van der Waals surface area contributed by atoms with E-state index in [9.17, 15) is 14.4 Å². The summed E-state index contributed by atoms with van der Waals surface area (Å²) >= 11 is 12.5. The Morgan fingerprint density at radius 2 is 1.97 bits per heavy atom. The van der Waals surface area contributed by atoms with E-state index in [4.69, 9.17) is 28.2 Å². The number of carbonyl (C=O) groups is 2. The Morgan fingerprint density at radius 3 is 2.77 bits per heavy atom. The summed E-state index contributed by atoms with van der Waals surface area (Å²) < 4.78 is 5.37. The summed E-state index contributed by atoms with van der Waals surface area (Å²) in [5.41, 5.74) is 1.19. The number of fused-ring (bicyclic) bond motifs is 1. The molecule has 3 aromatic rings. The SMILES string of the molecule is O=C(CN1C(=O)C(=Cc2ccccc2Cl)SC1=S)Nc1ccc2oc(=O)ccc2c1. The molecule has 0 unspecified atom stereocenters. The summed E-state index contributed by atoms with van der Waals surface area (Å²) in [5.74, 6) is -0.748. The fourth-order valence-corrected chi connectivity index (χ4v) is 4.30. The van der Waals surface area contributed by atoms with Gasteiger partial charge in [0.2, 0.25) is 5.91 Å². The Kier molecular flexibility index (Phi) is 5.72. The molecule has 0 spiro atoms. The van der Waals surface area contributed by atoms with Gasteiger partial charge in [0.15, 0.2) is 0 Å². The van der Waals surface area contributed by atoms with Crippen molar-refractivity contribution < 1.29 is 14.0 Å². The van der Waals surface area contributed by atoms with Crippen molar-refractivity contribution in [2.24, 2.45) is 0 Å². The zero-order valence-electron chi connectivity index (χ0n) is 15.3. The molecule has 9 heteroatoms. The van der Waals surface area contributed by atoms with Crippen LogP contribution in [0.5, 0.6) is 0 Å². The van der Waals surface area contributed by atoms with Crippen molar-refractivity contribution >= 4 is 74.4 Å². The van der Waals surface area contributed by atoms with Crippen molar-refractivity contribution in [1.29, 1.82) is 0 Å². The third-order valence-corrected chi connectivity index (χ3v) is 5.99. The number of halogens is 1. The number of nitrogens with one attached hydrogen (secondary N) is 1. The van der Waals surface area contributed by atoms with Crippen molar-refractivity contribution in [3.8, 4) is 0 Å². The molecule has 150 valence electrons. The second-order valence-electron chi connectivity index (χ2n) is 6.34. The molecule has 30 heavy (non-hydrogen) atoms. The van der Waals surface area contributed by atoms with E-state index in [-0.39, 0.29) is 12.5 Å². The smallest absolute Gasteiger partial charge is 0.336 e. The number of benzene rings is 2. The molecular formula is C21H13ClN2O4S2. The zero-order chi connectivity index (χ0) is 21.3. The van der Waals surface area contributed by atoms with Crippen molar-refractivity contribution in [1.82, 2.24) is 4.90 Å². The maximum atomic E-state index is 12.7. The monoisotopic (exact) mass is 456 g/mol. The van der Waals surface area contributed by atoms with Gasteiger partial charge in [-0.3, -0.25) is 14.5 Å². The lowest BCUT2D eigenvalue weighted by Crippen LogP contribution is -2.36. The fraction of sp³-hybridized carbons (Fsp3) is 0.0476. The van der Waals surface area contributed by atoms with Gasteiger partial charge in [-0.25, -0.2) is 4.79 Å². The molecule has 1 N–H and O–H groups in total. The number of thioether (sulfide) groups is 1. The topological polar surface area (TPSA) is 79.6 Å². The highest BCUT2D eigenvalue weighted by Gasteiger charge is 2.33. The lowest BCUT2D eigenvalue weighted by molar-refractivity contribution is -0.126. The van der Waals surface area contributed by atoms with Crippen LogP contribution in [-0.4, -0.2) is 27.6 Å². The Balaban J connectivity index is 1.47. The highest BCUT2D eigenvalue weighted by atomic mass is 35.5. The first-order valence-electron chi connectivity index (χ1n) is 8.74. The van der Waals surface area contributed by atoms with Gasteiger partial charge in [-0.2, -0.15) is 0 Å². The lowest BCUT2D eigenvalue weighted by atomic mass is 10.2. The van der Waals surface area contributed by atoms with Crippen LogP contribution < -0.4 is 10.9 Å². The molecule has 0 aliphatic carbocycles. The second-order valence-corrected chi connectivity index (χ2v) is 8.43. The number of rotatable bonds is 4. The van der Waals surface area contributed by atoms with Crippen molar-refractivity contribution in [3.63, 3.8) is 0 Å². The van der Waals surface area contributed by atoms with Crippen LogP contribution in [0.2, 0.25) is 5.02 Å². The largest absolute Gasteiger partial charge is 0.423 e. The quantitative estimate of drug-likeness (QED) is 0.358. The van der Waals surface area contributed by atoms with Gasteiger partial charge >= 0.3 is 5.63 Å². The molecule has 0 saturated carbocycles. The Labute approximate surface area is 185 Å². The number of carbonyl (C=O) groups excluding carboxylic acids is 2. The van der Waals surface area contributed by atoms with E-state index in [1.54, 1.807) is 48.5 Å². The summed E-state index contributed by atoms with van der Waals surface area (Å²) in [4.78, 5) is 38.1. The first-order valence-corrected chi connectivity index (χ1v) is 10.3. The summed E-state index contributed by atoms with van der Waals surface area (Å²) in [7, 11) is 0. The highest BCUT2D eigenvalue weighted by Crippen LogP contribution is 2.33. The lowest BCUT2D eigenvalue weighted by Gasteiger charge is -2.14. The second kappa shape index (κ2) is 8.43. The van der Waals surface area contributed by atoms with Crippen LogP contribution in [0.1, 0.15) is 5.56 Å². The molecule has 4 rings (SSSR count). The van der Waals surface area contributed by atoms with E-state index < -0.39 is 11.5 Å². The number of amides is 2. The van der Waals surface area contributed by atoms with E-state index >= 15 is 0 Å². The summed E-state index contributed by atoms with van der Waals surface area (Å²) in [6.07, 6.45) is 1.66. The highest BCUT2D eigenvalue weighted by molar-refractivity contribution is 8.26. The molecule has 1 aromatic heterocycles. The first-order chi connectivity index (χ1) is 14.4. The van der Waals surface area contributed by atoms with Crippen molar-refractivity contribution in [2.45, 2.75) is 0 Å². The van der Waals surface area contributed by atoms with E-state index in [0.29, 0.717) is 36.5 Å². The average molecular weight is 457 g/mol. The maximum absolute atomic E-state index is 12.7. The van der Waals surface area contributed by atoms with Gasteiger partial charge in [-0.05, 0) is 42.0 Å². The molecular weight excluding hydrogens is 444 g/mol. The van der Waals surface area contributed by atoms with Crippen LogP contribution in [0.25, 0.3) is 17.0 Å². The fourth-order valence-electron chi connectivity index (χ4n) is 2.86. The molecule has 1 aliphatic rings. The minimum Gasteiger partial charge on any atom is -0.423 e. The standard InChI is InChI=1S/C21H13ClN2O4S2/c22-15-4-2-1-3-12(15)10-17-20(27)24(21(29)30-17)11-18(25)23-14-6-7-16-13(9-14)5-8-19(26)28-16/h1-10H,11H2,(H,23,25). The van der Waals surface area contributed by atoms with Gasteiger partial charge in [0.1, 0.15) is 16.4 Å². The van der Waals surface area contributed by atoms with Gasteiger partial charge in [0.05, 0.1) is 4.91 Å². The van der Waals surface area contributed by atoms with Crippen LogP contribution in [0, 0.1) is 0 Å². The molecule has 2 amide bonds. The summed E-state index contributed by atoms with van der Waals surface area (Å²) in [5, 5.41) is 3.92. The number of nitrogens with zero attached hydrogens (tertiary/aromatic N) is 1. The van der Waals surface area contributed by atoms with Crippen LogP contribution in [-0.2, 0) is 9.59 Å². The third-order valence-electron chi connectivity index (χ3n) is 4.27. The number of thiocarbonyl (C=S) groups is 1. The molecule has 1 fully saturated rings. The summed E-state index contributed by atoms with van der Waals surface area (Å²) in [6.45, 7) is -0.216. The Bertz CT molecular complexity index is 1290. The predicted molar refractivity (Wildman–Crippen MR) is 122 cm³/mol. The number of anilines is 1. The third kappa shape index (κ3) is 4.30. The van der Waals surface area contributed by atoms with E-state index in [1.807, 2.05) is 6.07 Å². The molecule has 1 saturated heterocycles. The number of hydrogen-bond acceptors (Lipinski definition) is 6. The molecule has 2 aromatic carbocycles. The van der Waals surface area contributed by atoms with Gasteiger partial charge < -0.3 is 9.73 Å².